The van der Waals surface area contributed by atoms with Crippen molar-refractivity contribution < 1.29 is 14.0 Å². The molecule has 1 aliphatic rings. The first-order chi connectivity index (χ1) is 10.5. The van der Waals surface area contributed by atoms with Gasteiger partial charge < -0.3 is 14.6 Å². The summed E-state index contributed by atoms with van der Waals surface area (Å²) < 4.78 is 5.83. The number of hydrogen-bond donors (Lipinski definition) is 1. The van der Waals surface area contributed by atoms with Crippen LogP contribution in [0.5, 0.6) is 0 Å². The fraction of sp³-hybridized carbons (Fsp3) is 0.412. The van der Waals surface area contributed by atoms with Crippen molar-refractivity contribution in [3.05, 3.63) is 34.6 Å². The van der Waals surface area contributed by atoms with Crippen LogP contribution in [0.1, 0.15) is 40.6 Å². The van der Waals surface area contributed by atoms with Crippen molar-refractivity contribution in [3.8, 4) is 0 Å². The Labute approximate surface area is 129 Å². The van der Waals surface area contributed by atoms with Crippen LogP contribution in [0.15, 0.2) is 21.7 Å². The van der Waals surface area contributed by atoms with E-state index in [9.17, 15) is 4.79 Å². The Balaban J connectivity index is 1.81. The second kappa shape index (κ2) is 5.48. The third-order valence-electron chi connectivity index (χ3n) is 4.06. The Morgan fingerprint density at radius 2 is 2.00 bits per heavy atom. The molecule has 1 aliphatic heterocycles. The predicted octanol–water partition coefficient (Wildman–Crippen LogP) is 3.25. The summed E-state index contributed by atoms with van der Waals surface area (Å²) in [4.78, 5) is 17.6. The van der Waals surface area contributed by atoms with E-state index in [2.05, 4.69) is 10.5 Å². The molecule has 1 aromatic carbocycles. The molecule has 0 fully saturated rings. The monoisotopic (exact) mass is 300 g/mol. The van der Waals surface area contributed by atoms with Crippen molar-refractivity contribution in [3.63, 3.8) is 0 Å². The van der Waals surface area contributed by atoms with Gasteiger partial charge in [0.2, 0.25) is 0 Å². The zero-order valence-electron chi connectivity index (χ0n) is 13.3. The zero-order chi connectivity index (χ0) is 15.9. The van der Waals surface area contributed by atoms with Crippen molar-refractivity contribution in [2.45, 2.75) is 40.2 Å². The average Bonchev–Trinajstić information content (AvgIpc) is 3.05. The number of hydrogen-bond acceptors (Lipinski definition) is 4. The van der Waals surface area contributed by atoms with Crippen molar-refractivity contribution in [1.29, 1.82) is 0 Å². The third kappa shape index (κ3) is 2.47. The molecule has 0 unspecified atom stereocenters. The van der Waals surface area contributed by atoms with Gasteiger partial charge in [-0.3, -0.25) is 4.79 Å². The Kier molecular flexibility index (Phi) is 3.64. The minimum Gasteiger partial charge on any atom is -0.450 e. The molecule has 22 heavy (non-hydrogen) atoms. The lowest BCUT2D eigenvalue weighted by Gasteiger charge is -2.08. The van der Waals surface area contributed by atoms with Crippen molar-refractivity contribution in [2.75, 3.05) is 6.54 Å². The predicted molar refractivity (Wildman–Crippen MR) is 85.4 cm³/mol. The van der Waals surface area contributed by atoms with E-state index >= 15 is 0 Å². The number of carbonyl (C=O) groups is 1. The Morgan fingerprint density at radius 1 is 1.27 bits per heavy atom. The molecule has 0 spiro atoms. The molecular weight excluding hydrogens is 280 g/mol. The highest BCUT2D eigenvalue weighted by Crippen LogP contribution is 2.30. The van der Waals surface area contributed by atoms with Gasteiger partial charge in [-0.2, -0.15) is 0 Å². The summed E-state index contributed by atoms with van der Waals surface area (Å²) in [5.41, 5.74) is 4.77. The second-order valence-electron chi connectivity index (χ2n) is 5.93. The van der Waals surface area contributed by atoms with Gasteiger partial charge in [-0.15, -0.1) is 0 Å². The van der Waals surface area contributed by atoms with Crippen molar-refractivity contribution in [2.24, 2.45) is 5.16 Å². The summed E-state index contributed by atoms with van der Waals surface area (Å²) in [6, 6.07) is 4.06. The summed E-state index contributed by atoms with van der Waals surface area (Å²) in [7, 11) is 0. The minimum absolute atomic E-state index is 0.0860. The van der Waals surface area contributed by atoms with Gasteiger partial charge in [0.25, 0.3) is 5.91 Å². The van der Waals surface area contributed by atoms with E-state index in [1.54, 1.807) is 0 Å². The van der Waals surface area contributed by atoms with Crippen LogP contribution < -0.4 is 5.32 Å². The molecular formula is C17H20N2O3. The molecule has 0 saturated carbocycles. The number of benzene rings is 1. The lowest BCUT2D eigenvalue weighted by atomic mass is 10.0. The Morgan fingerprint density at radius 3 is 2.64 bits per heavy atom. The van der Waals surface area contributed by atoms with Crippen molar-refractivity contribution in [1.82, 2.24) is 5.32 Å². The van der Waals surface area contributed by atoms with Crippen LogP contribution in [0.25, 0.3) is 11.0 Å². The molecule has 116 valence electrons. The van der Waals surface area contributed by atoms with E-state index in [-0.39, 0.29) is 12.0 Å². The number of aryl methyl sites for hydroxylation is 3. The fourth-order valence-corrected chi connectivity index (χ4v) is 2.86. The molecule has 0 radical (unpaired) electrons. The quantitative estimate of drug-likeness (QED) is 0.946. The highest BCUT2D eigenvalue weighted by atomic mass is 16.6. The van der Waals surface area contributed by atoms with E-state index in [0.29, 0.717) is 12.3 Å². The minimum atomic E-state index is -0.208. The maximum Gasteiger partial charge on any atom is 0.287 e. The average molecular weight is 300 g/mol. The molecule has 1 atom stereocenters. The van der Waals surface area contributed by atoms with Gasteiger partial charge in [0, 0.05) is 17.4 Å². The lowest BCUT2D eigenvalue weighted by Crippen LogP contribution is -2.32. The fourth-order valence-electron chi connectivity index (χ4n) is 2.86. The summed E-state index contributed by atoms with van der Waals surface area (Å²) >= 11 is 0. The van der Waals surface area contributed by atoms with Crippen LogP contribution in [0.4, 0.5) is 0 Å². The molecule has 0 saturated heterocycles. The summed E-state index contributed by atoms with van der Waals surface area (Å²) in [5.74, 6) is 0.170. The van der Waals surface area contributed by atoms with Crippen LogP contribution in [-0.4, -0.2) is 24.3 Å². The number of rotatable bonds is 3. The lowest BCUT2D eigenvalue weighted by molar-refractivity contribution is 0.0740. The van der Waals surface area contributed by atoms with Crippen LogP contribution in [0, 0.1) is 20.8 Å². The van der Waals surface area contributed by atoms with E-state index in [1.807, 2.05) is 39.8 Å². The van der Waals surface area contributed by atoms with Gasteiger partial charge in [-0.05, 0) is 38.8 Å². The van der Waals surface area contributed by atoms with E-state index < -0.39 is 0 Å². The number of nitrogens with one attached hydrogen (secondary N) is 1. The molecule has 5 nitrogen and oxygen atoms in total. The first kappa shape index (κ1) is 14.6. The third-order valence-corrected chi connectivity index (χ3v) is 4.06. The Bertz CT molecular complexity index is 774. The second-order valence-corrected chi connectivity index (χ2v) is 5.93. The highest BCUT2D eigenvalue weighted by molar-refractivity contribution is 6.00. The SMILES string of the molecule is CC1=NO[C@H](CNC(=O)c2oc3c(C)ccc(C)c3c2C)C1. The molecule has 5 heteroatoms. The van der Waals surface area contributed by atoms with Crippen LogP contribution in [-0.2, 0) is 4.84 Å². The molecule has 1 N–H and O–H groups in total. The number of nitrogens with zero attached hydrogens (tertiary/aromatic N) is 1. The summed E-state index contributed by atoms with van der Waals surface area (Å²) in [5, 5.41) is 7.79. The maximum atomic E-state index is 12.4. The molecule has 3 rings (SSSR count). The first-order valence-electron chi connectivity index (χ1n) is 7.44. The van der Waals surface area contributed by atoms with Gasteiger partial charge in [-0.1, -0.05) is 17.3 Å². The molecule has 0 aliphatic carbocycles. The van der Waals surface area contributed by atoms with E-state index in [1.165, 1.54) is 0 Å². The normalized spacial score (nSPS) is 17.5. The van der Waals surface area contributed by atoms with Crippen LogP contribution >= 0.6 is 0 Å². The largest absolute Gasteiger partial charge is 0.450 e. The Hall–Kier alpha value is -2.30. The van der Waals surface area contributed by atoms with Gasteiger partial charge in [0.1, 0.15) is 11.7 Å². The van der Waals surface area contributed by atoms with Crippen molar-refractivity contribution >= 4 is 22.6 Å². The smallest absolute Gasteiger partial charge is 0.287 e. The number of carbonyl (C=O) groups excluding carboxylic acids is 1. The first-order valence-corrected chi connectivity index (χ1v) is 7.44. The summed E-state index contributed by atoms with van der Waals surface area (Å²) in [6.07, 6.45) is 0.662. The van der Waals surface area contributed by atoms with Gasteiger partial charge >= 0.3 is 0 Å². The number of furan rings is 1. The molecule has 1 aromatic heterocycles. The summed E-state index contributed by atoms with van der Waals surface area (Å²) in [6.45, 7) is 8.27. The standard InChI is InChI=1S/C17H20N2O3/c1-9-5-6-10(2)15-14(9)12(4)16(21-15)17(20)18-8-13-7-11(3)19-22-13/h5-6,13H,7-8H2,1-4H3,(H,18,20)/t13-/m0/s1. The van der Waals surface area contributed by atoms with Gasteiger partial charge in [0.05, 0.1) is 12.3 Å². The van der Waals surface area contributed by atoms with E-state index in [0.717, 1.165) is 39.8 Å². The number of amides is 1. The van der Waals surface area contributed by atoms with E-state index in [4.69, 9.17) is 9.25 Å². The topological polar surface area (TPSA) is 63.8 Å². The molecule has 2 aromatic rings. The molecule has 1 amide bonds. The maximum absolute atomic E-state index is 12.4. The highest BCUT2D eigenvalue weighted by Gasteiger charge is 2.23. The number of oxime groups is 1. The number of fused-ring (bicyclic) bond motifs is 1. The van der Waals surface area contributed by atoms with Gasteiger partial charge in [-0.25, -0.2) is 0 Å². The molecule has 0 bridgehead atoms. The molecule has 2 heterocycles. The van der Waals surface area contributed by atoms with Crippen LogP contribution in [0.3, 0.4) is 0 Å². The van der Waals surface area contributed by atoms with Crippen LogP contribution in [0.2, 0.25) is 0 Å². The van der Waals surface area contributed by atoms with Gasteiger partial charge in [0.15, 0.2) is 5.76 Å². The zero-order valence-corrected chi connectivity index (χ0v) is 13.3.